The van der Waals surface area contributed by atoms with Crippen molar-refractivity contribution in [2.45, 2.75) is 44.9 Å². The van der Waals surface area contributed by atoms with Gasteiger partial charge in [-0.2, -0.15) is 0 Å². The van der Waals surface area contributed by atoms with Crippen molar-refractivity contribution in [3.8, 4) is 0 Å². The number of rotatable bonds is 3. The van der Waals surface area contributed by atoms with Gasteiger partial charge in [0.15, 0.2) is 8.32 Å². The first-order valence-electron chi connectivity index (χ1n) is 4.96. The fraction of sp³-hybridized carbons (Fsp3) is 1.00. The lowest BCUT2D eigenvalue weighted by atomic mass is 10.4. The average molecular weight is 204 g/mol. The topological polar surface area (TPSA) is 18.5 Å². The van der Waals surface area contributed by atoms with Crippen LogP contribution in [0.4, 0.5) is 0 Å². The molecular weight excluding hydrogens is 184 g/mol. The number of unbranched alkanes of at least 4 members (excludes halogenated alkanes) is 1. The quantitative estimate of drug-likeness (QED) is 0.657. The molecule has 0 N–H and O–H groups in total. The molecule has 1 heterocycles. The molecule has 0 bridgehead atoms. The van der Waals surface area contributed by atoms with Crippen molar-refractivity contribution >= 4 is 17.6 Å². The third-order valence-corrected chi connectivity index (χ3v) is 9.48. The van der Waals surface area contributed by atoms with Crippen LogP contribution in [-0.4, -0.2) is 24.2 Å². The van der Waals surface area contributed by atoms with Gasteiger partial charge in [0.05, 0.1) is 0 Å². The van der Waals surface area contributed by atoms with Crippen molar-refractivity contribution < 1.29 is 8.54 Å². The second-order valence-corrected chi connectivity index (χ2v) is 10.2. The zero-order chi connectivity index (χ0) is 9.03. The molecule has 0 saturated carbocycles. The summed E-state index contributed by atoms with van der Waals surface area (Å²) in [7, 11) is -2.48. The molecule has 2 nitrogen and oxygen atoms in total. The normalized spacial score (nSPS) is 36.8. The maximum atomic E-state index is 6.03. The van der Waals surface area contributed by atoms with Crippen molar-refractivity contribution in [3.63, 3.8) is 0 Å². The van der Waals surface area contributed by atoms with Crippen molar-refractivity contribution in [1.82, 2.24) is 0 Å². The molecule has 0 radical (unpaired) electrons. The van der Waals surface area contributed by atoms with Crippen LogP contribution in [0, 0.1) is 0 Å². The van der Waals surface area contributed by atoms with Crippen LogP contribution >= 0.6 is 0 Å². The van der Waals surface area contributed by atoms with Crippen LogP contribution in [-0.2, 0) is 8.54 Å². The van der Waals surface area contributed by atoms with Gasteiger partial charge in [-0.1, -0.05) is 19.8 Å². The molecule has 72 valence electrons. The second-order valence-electron chi connectivity index (χ2n) is 3.86. The Morgan fingerprint density at radius 2 is 2.25 bits per heavy atom. The summed E-state index contributed by atoms with van der Waals surface area (Å²) in [5.41, 5.74) is 0. The fourth-order valence-electron chi connectivity index (χ4n) is 1.67. The summed E-state index contributed by atoms with van der Waals surface area (Å²) < 4.78 is 11.5. The summed E-state index contributed by atoms with van der Waals surface area (Å²) in [5.74, 6) is 0. The zero-order valence-electron chi connectivity index (χ0n) is 8.43. The molecule has 1 aliphatic rings. The molecule has 0 aliphatic carbocycles. The van der Waals surface area contributed by atoms with Crippen LogP contribution < -0.4 is 0 Å². The van der Waals surface area contributed by atoms with Crippen LogP contribution in [0.25, 0.3) is 0 Å². The largest absolute Gasteiger partial charge is 0.438 e. The highest BCUT2D eigenvalue weighted by molar-refractivity contribution is 6.78. The van der Waals surface area contributed by atoms with Gasteiger partial charge in [-0.05, 0) is 25.2 Å². The van der Waals surface area contributed by atoms with Crippen LogP contribution in [0.5, 0.6) is 0 Å². The van der Waals surface area contributed by atoms with Gasteiger partial charge in [-0.15, -0.1) is 0 Å². The molecule has 0 spiro atoms. The third-order valence-electron chi connectivity index (χ3n) is 2.49. The van der Waals surface area contributed by atoms with E-state index in [2.05, 4.69) is 20.0 Å². The zero-order valence-corrected chi connectivity index (χ0v) is 10.6. The van der Waals surface area contributed by atoms with Gasteiger partial charge in [0.25, 0.3) is 0 Å². The van der Waals surface area contributed by atoms with E-state index >= 15 is 0 Å². The van der Waals surface area contributed by atoms with Crippen molar-refractivity contribution in [2.75, 3.05) is 6.61 Å². The Labute approximate surface area is 78.2 Å². The molecule has 1 fully saturated rings. The van der Waals surface area contributed by atoms with Gasteiger partial charge < -0.3 is 8.54 Å². The minimum Gasteiger partial charge on any atom is -0.438 e. The minimum atomic E-state index is -1.28. The minimum absolute atomic E-state index is 0.972. The van der Waals surface area contributed by atoms with Gasteiger partial charge in [0.1, 0.15) is 0 Å². The predicted molar refractivity (Wildman–Crippen MR) is 56.2 cm³/mol. The van der Waals surface area contributed by atoms with Gasteiger partial charge in [-0.3, -0.25) is 0 Å². The molecular formula is C8H20O2Si2. The Morgan fingerprint density at radius 3 is 2.83 bits per heavy atom. The lowest BCUT2D eigenvalue weighted by Gasteiger charge is -2.35. The van der Waals surface area contributed by atoms with E-state index in [0.717, 1.165) is 6.61 Å². The van der Waals surface area contributed by atoms with E-state index in [-0.39, 0.29) is 0 Å². The molecule has 1 rings (SSSR count). The SMILES string of the molecule is CCCC[Si]1(C)CCO[SiH](C)O1. The summed E-state index contributed by atoms with van der Waals surface area (Å²) in [5, 5.41) is 0. The Morgan fingerprint density at radius 1 is 1.50 bits per heavy atom. The Balaban J connectivity index is 2.35. The average Bonchev–Trinajstić information content (AvgIpc) is 2.01. The van der Waals surface area contributed by atoms with E-state index < -0.39 is 17.6 Å². The third kappa shape index (κ3) is 3.01. The highest BCUT2D eigenvalue weighted by atomic mass is 28.4. The molecule has 0 aromatic rings. The molecule has 12 heavy (non-hydrogen) atoms. The Hall–Kier alpha value is 0.354. The highest BCUT2D eigenvalue weighted by Crippen LogP contribution is 2.24. The second kappa shape index (κ2) is 4.55. The number of hydrogen-bond donors (Lipinski definition) is 0. The first-order valence-corrected chi connectivity index (χ1v) is 9.88. The maximum absolute atomic E-state index is 6.03. The summed E-state index contributed by atoms with van der Waals surface area (Å²) >= 11 is 0. The summed E-state index contributed by atoms with van der Waals surface area (Å²) in [6.07, 6.45) is 2.63. The van der Waals surface area contributed by atoms with E-state index in [9.17, 15) is 0 Å². The molecule has 0 aromatic heterocycles. The van der Waals surface area contributed by atoms with Crippen LogP contribution in [0.1, 0.15) is 19.8 Å². The summed E-state index contributed by atoms with van der Waals surface area (Å²) in [6.45, 7) is 7.74. The smallest absolute Gasteiger partial charge is 0.307 e. The van der Waals surface area contributed by atoms with Gasteiger partial charge in [0.2, 0.25) is 0 Å². The van der Waals surface area contributed by atoms with E-state index in [1.807, 2.05) is 0 Å². The van der Waals surface area contributed by atoms with Crippen molar-refractivity contribution in [2.24, 2.45) is 0 Å². The Bertz CT molecular complexity index is 143. The molecule has 1 saturated heterocycles. The van der Waals surface area contributed by atoms with Gasteiger partial charge >= 0.3 is 9.28 Å². The van der Waals surface area contributed by atoms with Crippen molar-refractivity contribution in [3.05, 3.63) is 0 Å². The molecule has 2 atom stereocenters. The van der Waals surface area contributed by atoms with Gasteiger partial charge in [-0.25, -0.2) is 0 Å². The maximum Gasteiger partial charge on any atom is 0.307 e. The molecule has 0 amide bonds. The molecule has 2 unspecified atom stereocenters. The molecule has 1 aliphatic heterocycles. The summed E-state index contributed by atoms with van der Waals surface area (Å²) in [4.78, 5) is 0. The van der Waals surface area contributed by atoms with E-state index in [0.29, 0.717) is 0 Å². The lowest BCUT2D eigenvalue weighted by molar-refractivity contribution is 0.251. The molecule has 0 aromatic carbocycles. The monoisotopic (exact) mass is 204 g/mol. The number of hydrogen-bond acceptors (Lipinski definition) is 2. The van der Waals surface area contributed by atoms with Crippen LogP contribution in [0.15, 0.2) is 0 Å². The van der Waals surface area contributed by atoms with Crippen molar-refractivity contribution in [1.29, 1.82) is 0 Å². The Kier molecular flexibility index (Phi) is 3.96. The first kappa shape index (κ1) is 10.4. The van der Waals surface area contributed by atoms with E-state index in [4.69, 9.17) is 8.54 Å². The van der Waals surface area contributed by atoms with Crippen LogP contribution in [0.2, 0.25) is 25.2 Å². The fourth-order valence-corrected chi connectivity index (χ4v) is 8.68. The van der Waals surface area contributed by atoms with E-state index in [1.165, 1.54) is 24.9 Å². The van der Waals surface area contributed by atoms with Crippen LogP contribution in [0.3, 0.4) is 0 Å². The standard InChI is InChI=1S/C8H20O2Si2/c1-4-5-7-12(3)8-6-9-11(2)10-12/h11H,4-8H2,1-3H3. The van der Waals surface area contributed by atoms with E-state index in [1.54, 1.807) is 0 Å². The summed E-state index contributed by atoms with van der Waals surface area (Å²) in [6, 6.07) is 2.55. The first-order chi connectivity index (χ1) is 5.66. The molecule has 4 heteroatoms. The lowest BCUT2D eigenvalue weighted by Crippen LogP contribution is -2.46. The van der Waals surface area contributed by atoms with Gasteiger partial charge in [0, 0.05) is 6.61 Å². The predicted octanol–water partition coefficient (Wildman–Crippen LogP) is 2.26. The highest BCUT2D eigenvalue weighted by Gasteiger charge is 2.34.